The Hall–Kier alpha value is -2.66. The van der Waals surface area contributed by atoms with Crippen LogP contribution in [0.3, 0.4) is 0 Å². The zero-order valence-corrected chi connectivity index (χ0v) is 18.6. The molecule has 3 aliphatic rings. The van der Waals surface area contributed by atoms with Gasteiger partial charge in [-0.25, -0.2) is 0 Å². The number of rotatable bonds is 5. The highest BCUT2D eigenvalue weighted by molar-refractivity contribution is 5.94. The molecule has 0 bridgehead atoms. The summed E-state index contributed by atoms with van der Waals surface area (Å²) in [5.74, 6) is 0.695. The van der Waals surface area contributed by atoms with Crippen molar-refractivity contribution >= 4 is 11.8 Å². The van der Waals surface area contributed by atoms with Gasteiger partial charge in [0.05, 0.1) is 11.0 Å². The molecule has 1 N–H and O–H groups in total. The molecule has 5 nitrogen and oxygen atoms in total. The van der Waals surface area contributed by atoms with E-state index in [1.807, 2.05) is 48.5 Å². The largest absolute Gasteiger partial charge is 0.375 e. The van der Waals surface area contributed by atoms with Gasteiger partial charge in [0, 0.05) is 31.8 Å². The second kappa shape index (κ2) is 8.70. The Morgan fingerprint density at radius 1 is 0.938 bits per heavy atom. The molecule has 2 aromatic rings. The van der Waals surface area contributed by atoms with Crippen molar-refractivity contribution in [3.63, 3.8) is 0 Å². The number of likely N-dealkylation sites (tertiary alicyclic amines) is 1. The van der Waals surface area contributed by atoms with Crippen molar-refractivity contribution in [3.05, 3.63) is 71.8 Å². The molecule has 0 aromatic heterocycles. The van der Waals surface area contributed by atoms with Crippen LogP contribution >= 0.6 is 0 Å². The Balaban J connectivity index is 1.15. The second-order valence-corrected chi connectivity index (χ2v) is 9.71. The molecular formula is C27H32N2O3. The molecule has 2 heterocycles. The van der Waals surface area contributed by atoms with Crippen molar-refractivity contribution in [3.8, 4) is 0 Å². The molecule has 1 saturated carbocycles. The Morgan fingerprint density at radius 3 is 2.25 bits per heavy atom. The lowest BCUT2D eigenvalue weighted by atomic mass is 9.79. The van der Waals surface area contributed by atoms with Gasteiger partial charge in [-0.1, -0.05) is 48.5 Å². The van der Waals surface area contributed by atoms with E-state index in [1.54, 1.807) is 0 Å². The van der Waals surface area contributed by atoms with E-state index in [0.717, 1.165) is 63.8 Å². The highest BCUT2D eigenvalue weighted by Gasteiger charge is 2.54. The van der Waals surface area contributed by atoms with Gasteiger partial charge in [-0.05, 0) is 62.1 Å². The molecule has 1 unspecified atom stereocenters. The first-order chi connectivity index (χ1) is 15.6. The lowest BCUT2D eigenvalue weighted by molar-refractivity contribution is -0.149. The number of hydrogen-bond acceptors (Lipinski definition) is 3. The zero-order chi connectivity index (χ0) is 22.0. The summed E-state index contributed by atoms with van der Waals surface area (Å²) in [6, 6.07) is 19.6. The fraction of sp³-hybridized carbons (Fsp3) is 0.481. The van der Waals surface area contributed by atoms with Gasteiger partial charge in [-0.15, -0.1) is 0 Å². The predicted octanol–water partition coefficient (Wildman–Crippen LogP) is 3.94. The maximum absolute atomic E-state index is 13.4. The van der Waals surface area contributed by atoms with Crippen LogP contribution in [0, 0.1) is 5.92 Å². The first-order valence-corrected chi connectivity index (χ1v) is 11.9. The maximum atomic E-state index is 13.4. The predicted molar refractivity (Wildman–Crippen MR) is 123 cm³/mol. The van der Waals surface area contributed by atoms with Gasteiger partial charge in [-0.2, -0.15) is 0 Å². The van der Waals surface area contributed by atoms with Crippen LogP contribution in [0.5, 0.6) is 0 Å². The van der Waals surface area contributed by atoms with Crippen molar-refractivity contribution in [1.29, 1.82) is 0 Å². The maximum Gasteiger partial charge on any atom is 0.251 e. The summed E-state index contributed by atoms with van der Waals surface area (Å²) >= 11 is 0. The fourth-order valence-electron chi connectivity index (χ4n) is 5.51. The summed E-state index contributed by atoms with van der Waals surface area (Å²) in [7, 11) is 0. The summed E-state index contributed by atoms with van der Waals surface area (Å²) in [4.78, 5) is 27.8. The topological polar surface area (TPSA) is 58.6 Å². The summed E-state index contributed by atoms with van der Waals surface area (Å²) in [6.07, 6.45) is 5.60. The first-order valence-electron chi connectivity index (χ1n) is 11.9. The SMILES string of the molecule is O=C(NCC1CCOC2(CCN(C(=O)C3(c4ccccc4)CC3)CC2)C1)c1ccccc1. The van der Waals surface area contributed by atoms with Gasteiger partial charge < -0.3 is 15.0 Å². The Labute approximate surface area is 190 Å². The van der Waals surface area contributed by atoms with E-state index >= 15 is 0 Å². The van der Waals surface area contributed by atoms with Crippen LogP contribution in [0.4, 0.5) is 0 Å². The minimum atomic E-state index is -0.288. The summed E-state index contributed by atoms with van der Waals surface area (Å²) in [5.41, 5.74) is 1.42. The molecule has 2 saturated heterocycles. The molecule has 1 atom stereocenters. The quantitative estimate of drug-likeness (QED) is 0.779. The lowest BCUT2D eigenvalue weighted by Gasteiger charge is -2.46. The number of ether oxygens (including phenoxy) is 1. The molecule has 0 radical (unpaired) electrons. The van der Waals surface area contributed by atoms with Crippen LogP contribution in [0.25, 0.3) is 0 Å². The fourth-order valence-corrected chi connectivity index (χ4v) is 5.51. The van der Waals surface area contributed by atoms with Crippen molar-refractivity contribution in [2.45, 2.75) is 49.5 Å². The average molecular weight is 433 g/mol. The second-order valence-electron chi connectivity index (χ2n) is 9.71. The summed E-state index contributed by atoms with van der Waals surface area (Å²) in [6.45, 7) is 2.93. The lowest BCUT2D eigenvalue weighted by Crippen LogP contribution is -2.53. The van der Waals surface area contributed by atoms with E-state index in [4.69, 9.17) is 4.74 Å². The highest BCUT2D eigenvalue weighted by atomic mass is 16.5. The molecular weight excluding hydrogens is 400 g/mol. The third kappa shape index (κ3) is 4.18. The van der Waals surface area contributed by atoms with E-state index in [-0.39, 0.29) is 16.9 Å². The molecule has 2 amide bonds. The number of nitrogens with one attached hydrogen (secondary N) is 1. The molecule has 5 rings (SSSR count). The molecule has 1 spiro atoms. The molecule has 1 aliphatic carbocycles. The normalized spacial score (nSPS) is 23.5. The smallest absolute Gasteiger partial charge is 0.251 e. The van der Waals surface area contributed by atoms with E-state index in [0.29, 0.717) is 23.9 Å². The van der Waals surface area contributed by atoms with Gasteiger partial charge in [-0.3, -0.25) is 9.59 Å². The third-order valence-corrected chi connectivity index (χ3v) is 7.63. The third-order valence-electron chi connectivity index (χ3n) is 7.63. The van der Waals surface area contributed by atoms with Crippen LogP contribution in [-0.2, 0) is 14.9 Å². The van der Waals surface area contributed by atoms with Gasteiger partial charge in [0.15, 0.2) is 0 Å². The molecule has 32 heavy (non-hydrogen) atoms. The van der Waals surface area contributed by atoms with Gasteiger partial charge in [0.25, 0.3) is 5.91 Å². The summed E-state index contributed by atoms with van der Waals surface area (Å²) in [5, 5.41) is 3.10. The van der Waals surface area contributed by atoms with Crippen LogP contribution in [0.15, 0.2) is 60.7 Å². The highest BCUT2D eigenvalue weighted by Crippen LogP contribution is 2.50. The number of carbonyl (C=O) groups is 2. The number of piperidine rings is 1. The van der Waals surface area contributed by atoms with Crippen LogP contribution in [0.2, 0.25) is 0 Å². The molecule has 2 aromatic carbocycles. The monoisotopic (exact) mass is 432 g/mol. The zero-order valence-electron chi connectivity index (χ0n) is 18.6. The Bertz CT molecular complexity index is 947. The number of hydrogen-bond donors (Lipinski definition) is 1. The van der Waals surface area contributed by atoms with Crippen LogP contribution in [0.1, 0.15) is 54.4 Å². The molecule has 168 valence electrons. The molecule has 5 heteroatoms. The minimum Gasteiger partial charge on any atom is -0.375 e. The van der Waals surface area contributed by atoms with Gasteiger partial charge >= 0.3 is 0 Å². The van der Waals surface area contributed by atoms with Crippen molar-refractivity contribution in [1.82, 2.24) is 10.2 Å². The minimum absolute atomic E-state index is 0.0119. The van der Waals surface area contributed by atoms with E-state index < -0.39 is 0 Å². The number of carbonyl (C=O) groups excluding carboxylic acids is 2. The first kappa shape index (κ1) is 21.2. The molecule has 3 fully saturated rings. The van der Waals surface area contributed by atoms with Gasteiger partial charge in [0.2, 0.25) is 5.91 Å². The van der Waals surface area contributed by atoms with Crippen LogP contribution < -0.4 is 5.32 Å². The van der Waals surface area contributed by atoms with Crippen LogP contribution in [-0.4, -0.2) is 48.6 Å². The number of benzene rings is 2. The van der Waals surface area contributed by atoms with Crippen molar-refractivity contribution in [2.24, 2.45) is 5.92 Å². The molecule has 2 aliphatic heterocycles. The number of amides is 2. The Kier molecular flexibility index (Phi) is 5.76. The van der Waals surface area contributed by atoms with Crippen molar-refractivity contribution in [2.75, 3.05) is 26.2 Å². The Morgan fingerprint density at radius 2 is 1.59 bits per heavy atom. The summed E-state index contributed by atoms with van der Waals surface area (Å²) < 4.78 is 6.29. The number of nitrogens with zero attached hydrogens (tertiary/aromatic N) is 1. The van der Waals surface area contributed by atoms with Crippen molar-refractivity contribution < 1.29 is 14.3 Å². The van der Waals surface area contributed by atoms with E-state index in [9.17, 15) is 9.59 Å². The van der Waals surface area contributed by atoms with Gasteiger partial charge in [0.1, 0.15) is 0 Å². The average Bonchev–Trinajstić information content (AvgIpc) is 3.66. The van der Waals surface area contributed by atoms with E-state index in [1.165, 1.54) is 0 Å². The van der Waals surface area contributed by atoms with E-state index in [2.05, 4.69) is 22.3 Å². The standard InChI is InChI=1S/C27H32N2O3/c30-24(22-7-3-1-4-8-22)28-20-21-11-18-32-26(19-21)14-16-29(17-15-26)25(31)27(12-13-27)23-9-5-2-6-10-23/h1-10,21H,11-20H2,(H,28,30).